The highest BCUT2D eigenvalue weighted by Crippen LogP contribution is 2.21. The fourth-order valence-corrected chi connectivity index (χ4v) is 2.93. The molecular formula is C19H24ClN. The number of rotatable bonds is 7. The lowest BCUT2D eigenvalue weighted by molar-refractivity contribution is 0.429. The zero-order valence-electron chi connectivity index (χ0n) is 12.9. The van der Waals surface area contributed by atoms with E-state index < -0.39 is 0 Å². The van der Waals surface area contributed by atoms with Crippen LogP contribution in [-0.2, 0) is 6.42 Å². The van der Waals surface area contributed by atoms with Crippen molar-refractivity contribution in [2.24, 2.45) is 0 Å². The third-order valence-corrected chi connectivity index (χ3v) is 4.12. The first-order chi connectivity index (χ1) is 10.2. The van der Waals surface area contributed by atoms with Crippen LogP contribution in [0.4, 0.5) is 0 Å². The summed E-state index contributed by atoms with van der Waals surface area (Å²) < 4.78 is 0. The maximum absolute atomic E-state index is 6.26. The van der Waals surface area contributed by atoms with Gasteiger partial charge in [-0.05, 0) is 37.0 Å². The molecule has 1 N–H and O–H groups in total. The van der Waals surface area contributed by atoms with Crippen molar-refractivity contribution in [3.8, 4) is 0 Å². The number of benzene rings is 2. The quantitative estimate of drug-likeness (QED) is 0.722. The number of nitrogens with one attached hydrogen (secondary N) is 1. The first-order valence-corrected chi connectivity index (χ1v) is 8.13. The van der Waals surface area contributed by atoms with Gasteiger partial charge in [0.15, 0.2) is 0 Å². The summed E-state index contributed by atoms with van der Waals surface area (Å²) in [6, 6.07) is 19.6. The molecule has 0 aliphatic heterocycles. The minimum Gasteiger partial charge on any atom is -0.307 e. The van der Waals surface area contributed by atoms with Gasteiger partial charge in [-0.3, -0.25) is 0 Å². The van der Waals surface area contributed by atoms with Gasteiger partial charge in [0.25, 0.3) is 0 Å². The van der Waals surface area contributed by atoms with Gasteiger partial charge >= 0.3 is 0 Å². The molecule has 2 aromatic carbocycles. The topological polar surface area (TPSA) is 12.0 Å². The van der Waals surface area contributed by atoms with E-state index in [1.165, 1.54) is 17.5 Å². The van der Waals surface area contributed by atoms with Gasteiger partial charge in [-0.1, -0.05) is 73.5 Å². The monoisotopic (exact) mass is 301 g/mol. The van der Waals surface area contributed by atoms with Crippen molar-refractivity contribution in [2.45, 2.75) is 45.2 Å². The normalized spacial score (nSPS) is 13.9. The molecule has 0 aliphatic carbocycles. The second kappa shape index (κ2) is 8.21. The molecule has 0 amide bonds. The van der Waals surface area contributed by atoms with Crippen LogP contribution in [0.1, 0.15) is 43.9 Å². The molecule has 2 atom stereocenters. The molecule has 112 valence electrons. The molecule has 0 aromatic heterocycles. The van der Waals surface area contributed by atoms with Crippen molar-refractivity contribution >= 4 is 11.6 Å². The van der Waals surface area contributed by atoms with Gasteiger partial charge in [-0.25, -0.2) is 0 Å². The fraction of sp³-hybridized carbons (Fsp3) is 0.368. The van der Waals surface area contributed by atoms with Crippen LogP contribution < -0.4 is 5.32 Å². The van der Waals surface area contributed by atoms with E-state index in [1.807, 2.05) is 12.1 Å². The Hall–Kier alpha value is -1.31. The summed E-state index contributed by atoms with van der Waals surface area (Å²) in [6.45, 7) is 4.46. The molecule has 0 saturated heterocycles. The summed E-state index contributed by atoms with van der Waals surface area (Å²) >= 11 is 6.26. The van der Waals surface area contributed by atoms with E-state index in [9.17, 15) is 0 Å². The summed E-state index contributed by atoms with van der Waals surface area (Å²) in [5, 5.41) is 4.61. The highest BCUT2D eigenvalue weighted by molar-refractivity contribution is 6.31. The Labute approximate surface area is 133 Å². The van der Waals surface area contributed by atoms with E-state index in [1.54, 1.807) is 0 Å². The molecule has 0 aliphatic rings. The Morgan fingerprint density at radius 1 is 1.00 bits per heavy atom. The van der Waals surface area contributed by atoms with Gasteiger partial charge in [0.1, 0.15) is 0 Å². The first kappa shape index (κ1) is 16.1. The lowest BCUT2D eigenvalue weighted by Crippen LogP contribution is -2.32. The Morgan fingerprint density at radius 3 is 2.33 bits per heavy atom. The van der Waals surface area contributed by atoms with Crippen molar-refractivity contribution in [2.75, 3.05) is 0 Å². The Bertz CT molecular complexity index is 538. The van der Waals surface area contributed by atoms with Crippen LogP contribution in [0.3, 0.4) is 0 Å². The third-order valence-electron chi connectivity index (χ3n) is 3.75. The third kappa shape index (κ3) is 4.87. The molecule has 1 nitrogen and oxygen atoms in total. The van der Waals surface area contributed by atoms with Crippen LogP contribution in [0.15, 0.2) is 54.6 Å². The van der Waals surface area contributed by atoms with Gasteiger partial charge in [-0.2, -0.15) is 0 Å². The number of hydrogen-bond acceptors (Lipinski definition) is 1. The molecule has 0 heterocycles. The average molecular weight is 302 g/mol. The predicted octanol–water partition coefficient (Wildman–Crippen LogP) is 5.40. The van der Waals surface area contributed by atoms with Crippen LogP contribution in [-0.4, -0.2) is 6.04 Å². The van der Waals surface area contributed by atoms with Crippen molar-refractivity contribution < 1.29 is 0 Å². The minimum absolute atomic E-state index is 0.390. The molecule has 0 fully saturated rings. The zero-order chi connectivity index (χ0) is 15.1. The molecule has 0 radical (unpaired) electrons. The van der Waals surface area contributed by atoms with E-state index >= 15 is 0 Å². The Morgan fingerprint density at radius 2 is 1.67 bits per heavy atom. The average Bonchev–Trinajstić information content (AvgIpc) is 2.50. The lowest BCUT2D eigenvalue weighted by Gasteiger charge is -2.24. The Kier molecular flexibility index (Phi) is 6.28. The fourth-order valence-electron chi connectivity index (χ4n) is 2.72. The second-order valence-corrected chi connectivity index (χ2v) is 6.02. The molecule has 2 unspecified atom stereocenters. The van der Waals surface area contributed by atoms with Gasteiger partial charge < -0.3 is 5.32 Å². The smallest absolute Gasteiger partial charge is 0.0438 e. The minimum atomic E-state index is 0.390. The first-order valence-electron chi connectivity index (χ1n) is 7.75. The van der Waals surface area contributed by atoms with E-state index in [0.717, 1.165) is 17.9 Å². The Balaban J connectivity index is 2.02. The van der Waals surface area contributed by atoms with E-state index in [2.05, 4.69) is 61.6 Å². The second-order valence-electron chi connectivity index (χ2n) is 5.62. The lowest BCUT2D eigenvalue weighted by atomic mass is 9.99. The molecule has 0 saturated carbocycles. The van der Waals surface area contributed by atoms with E-state index in [0.29, 0.717) is 12.1 Å². The number of hydrogen-bond donors (Lipinski definition) is 1. The zero-order valence-corrected chi connectivity index (χ0v) is 13.6. The summed E-state index contributed by atoms with van der Waals surface area (Å²) in [5.74, 6) is 0. The summed E-state index contributed by atoms with van der Waals surface area (Å²) in [6.07, 6.45) is 3.27. The highest BCUT2D eigenvalue weighted by atomic mass is 35.5. The standard InChI is InChI=1S/C19H24ClN/c1-3-9-19(16-10-5-4-6-11-16)21-15(2)14-17-12-7-8-13-18(17)20/h4-8,10-13,15,19,21H,3,9,14H2,1-2H3. The van der Waals surface area contributed by atoms with Gasteiger partial charge in [0.05, 0.1) is 0 Å². The molecule has 2 aromatic rings. The maximum atomic E-state index is 6.26. The SMILES string of the molecule is CCCC(NC(C)Cc1ccccc1Cl)c1ccccc1. The van der Waals surface area contributed by atoms with Crippen LogP contribution in [0.2, 0.25) is 5.02 Å². The van der Waals surface area contributed by atoms with Crippen molar-refractivity contribution in [1.29, 1.82) is 0 Å². The molecule has 2 heteroatoms. The predicted molar refractivity (Wildman–Crippen MR) is 91.8 cm³/mol. The highest BCUT2D eigenvalue weighted by Gasteiger charge is 2.14. The number of halogens is 1. The van der Waals surface area contributed by atoms with E-state index in [-0.39, 0.29) is 0 Å². The molecule has 0 spiro atoms. The summed E-state index contributed by atoms with van der Waals surface area (Å²) in [7, 11) is 0. The van der Waals surface area contributed by atoms with Crippen molar-refractivity contribution in [3.05, 3.63) is 70.7 Å². The largest absolute Gasteiger partial charge is 0.307 e. The van der Waals surface area contributed by atoms with Crippen LogP contribution in [0.5, 0.6) is 0 Å². The van der Waals surface area contributed by atoms with Gasteiger partial charge in [0.2, 0.25) is 0 Å². The molecular weight excluding hydrogens is 278 g/mol. The van der Waals surface area contributed by atoms with Crippen molar-refractivity contribution in [1.82, 2.24) is 5.32 Å². The molecule has 21 heavy (non-hydrogen) atoms. The van der Waals surface area contributed by atoms with Crippen LogP contribution >= 0.6 is 11.6 Å². The maximum Gasteiger partial charge on any atom is 0.0438 e. The summed E-state index contributed by atoms with van der Waals surface area (Å²) in [5.41, 5.74) is 2.58. The van der Waals surface area contributed by atoms with Crippen molar-refractivity contribution in [3.63, 3.8) is 0 Å². The molecule has 2 rings (SSSR count). The summed E-state index contributed by atoms with van der Waals surface area (Å²) in [4.78, 5) is 0. The van der Waals surface area contributed by atoms with Gasteiger partial charge in [-0.15, -0.1) is 0 Å². The van der Waals surface area contributed by atoms with E-state index in [4.69, 9.17) is 11.6 Å². The van der Waals surface area contributed by atoms with Crippen LogP contribution in [0, 0.1) is 0 Å². The van der Waals surface area contributed by atoms with Crippen LogP contribution in [0.25, 0.3) is 0 Å². The molecule has 0 bridgehead atoms. The van der Waals surface area contributed by atoms with Gasteiger partial charge in [0, 0.05) is 17.1 Å².